The monoisotopic (exact) mass is 412 g/mol. The zero-order chi connectivity index (χ0) is 22.3. The third kappa shape index (κ3) is 5.83. The van der Waals surface area contributed by atoms with Gasteiger partial charge >= 0.3 is 5.97 Å². The molecule has 2 aromatic rings. The molecular weight excluding hydrogens is 384 g/mol. The molecule has 0 saturated heterocycles. The summed E-state index contributed by atoms with van der Waals surface area (Å²) in [5.74, 6) is -0.694. The Labute approximate surface area is 176 Å². The van der Waals surface area contributed by atoms with E-state index in [4.69, 9.17) is 9.47 Å². The molecule has 0 aliphatic rings. The van der Waals surface area contributed by atoms with E-state index in [1.54, 1.807) is 50.2 Å². The number of carbonyl (C=O) groups excluding carboxylic acids is 3. The quantitative estimate of drug-likeness (QED) is 0.640. The summed E-state index contributed by atoms with van der Waals surface area (Å²) in [7, 11) is 1.32. The summed E-state index contributed by atoms with van der Waals surface area (Å²) in [5.41, 5.74) is 2.00. The fraction of sp³-hybridized carbons (Fsp3) is 0.348. The van der Waals surface area contributed by atoms with Crippen LogP contribution in [0.1, 0.15) is 60.0 Å². The van der Waals surface area contributed by atoms with Crippen molar-refractivity contribution in [1.29, 1.82) is 0 Å². The molecule has 1 atom stereocenters. The molecule has 0 fully saturated rings. The van der Waals surface area contributed by atoms with Gasteiger partial charge < -0.3 is 20.1 Å². The first-order chi connectivity index (χ1) is 14.3. The van der Waals surface area contributed by atoms with Crippen molar-refractivity contribution in [3.63, 3.8) is 0 Å². The number of hydrogen-bond donors (Lipinski definition) is 2. The van der Waals surface area contributed by atoms with Gasteiger partial charge in [-0.25, -0.2) is 4.79 Å². The zero-order valence-corrected chi connectivity index (χ0v) is 17.9. The number of esters is 1. The second kappa shape index (κ2) is 10.4. The van der Waals surface area contributed by atoms with Crippen molar-refractivity contribution >= 4 is 23.5 Å². The summed E-state index contributed by atoms with van der Waals surface area (Å²) in [5, 5.41) is 5.71. The molecule has 2 N–H and O–H groups in total. The van der Waals surface area contributed by atoms with E-state index in [9.17, 15) is 14.4 Å². The molecule has 2 aromatic carbocycles. The Morgan fingerprint density at radius 3 is 2.40 bits per heavy atom. The Balaban J connectivity index is 2.25. The number of hydrogen-bond acceptors (Lipinski definition) is 5. The maximum Gasteiger partial charge on any atom is 0.337 e. The van der Waals surface area contributed by atoms with Gasteiger partial charge in [0.2, 0.25) is 5.91 Å². The van der Waals surface area contributed by atoms with Crippen molar-refractivity contribution in [3.05, 3.63) is 59.2 Å². The van der Waals surface area contributed by atoms with E-state index in [0.29, 0.717) is 29.2 Å². The van der Waals surface area contributed by atoms with Gasteiger partial charge in [0.15, 0.2) is 0 Å². The van der Waals surface area contributed by atoms with Crippen LogP contribution in [-0.2, 0) is 9.53 Å². The highest BCUT2D eigenvalue weighted by Gasteiger charge is 2.18. The molecule has 1 unspecified atom stereocenters. The minimum absolute atomic E-state index is 0.140. The van der Waals surface area contributed by atoms with Gasteiger partial charge in [-0.15, -0.1) is 0 Å². The average Bonchev–Trinajstić information content (AvgIpc) is 2.74. The Bertz CT molecular complexity index is 924. The topological polar surface area (TPSA) is 93.7 Å². The van der Waals surface area contributed by atoms with Gasteiger partial charge in [-0.2, -0.15) is 0 Å². The lowest BCUT2D eigenvalue weighted by atomic mass is 10.0. The smallest absolute Gasteiger partial charge is 0.337 e. The SMILES string of the molecule is CCOc1ccc(NC(=O)C(C)C)cc1C(=O)NC(C)c1cccc(C(=O)OC)c1. The number of ether oxygens (including phenoxy) is 2. The lowest BCUT2D eigenvalue weighted by Gasteiger charge is -2.18. The highest BCUT2D eigenvalue weighted by Crippen LogP contribution is 2.25. The molecule has 2 rings (SSSR count). The molecule has 0 heterocycles. The van der Waals surface area contributed by atoms with Crippen LogP contribution in [0.5, 0.6) is 5.75 Å². The first kappa shape index (κ1) is 22.9. The molecule has 7 heteroatoms. The number of carbonyl (C=O) groups is 3. The van der Waals surface area contributed by atoms with Crippen molar-refractivity contribution < 1.29 is 23.9 Å². The lowest BCUT2D eigenvalue weighted by molar-refractivity contribution is -0.118. The van der Waals surface area contributed by atoms with Crippen LogP contribution in [0.15, 0.2) is 42.5 Å². The Morgan fingerprint density at radius 2 is 1.77 bits per heavy atom. The molecule has 0 radical (unpaired) electrons. The molecule has 30 heavy (non-hydrogen) atoms. The normalized spacial score (nSPS) is 11.5. The number of methoxy groups -OCH3 is 1. The molecular formula is C23H28N2O5. The maximum atomic E-state index is 13.0. The number of anilines is 1. The molecule has 7 nitrogen and oxygen atoms in total. The molecule has 0 aliphatic heterocycles. The number of amides is 2. The van der Waals surface area contributed by atoms with Crippen LogP contribution in [0.4, 0.5) is 5.69 Å². The summed E-state index contributed by atoms with van der Waals surface area (Å²) in [6, 6.07) is 11.5. The summed E-state index contributed by atoms with van der Waals surface area (Å²) >= 11 is 0. The van der Waals surface area contributed by atoms with Crippen molar-refractivity contribution in [2.75, 3.05) is 19.0 Å². The molecule has 2 amide bonds. The summed E-state index contributed by atoms with van der Waals surface area (Å²) < 4.78 is 10.3. The van der Waals surface area contributed by atoms with E-state index >= 15 is 0 Å². The van der Waals surface area contributed by atoms with E-state index < -0.39 is 5.97 Å². The van der Waals surface area contributed by atoms with E-state index in [1.807, 2.05) is 19.9 Å². The van der Waals surface area contributed by atoms with Gasteiger partial charge in [-0.1, -0.05) is 26.0 Å². The Hall–Kier alpha value is -3.35. The minimum atomic E-state index is -0.442. The van der Waals surface area contributed by atoms with Gasteiger partial charge in [0.25, 0.3) is 5.91 Å². The van der Waals surface area contributed by atoms with Gasteiger partial charge in [-0.3, -0.25) is 9.59 Å². The minimum Gasteiger partial charge on any atom is -0.493 e. The van der Waals surface area contributed by atoms with Crippen LogP contribution in [0.3, 0.4) is 0 Å². The van der Waals surface area contributed by atoms with Crippen LogP contribution in [-0.4, -0.2) is 31.5 Å². The highest BCUT2D eigenvalue weighted by molar-refractivity contribution is 6.00. The second-order valence-electron chi connectivity index (χ2n) is 7.10. The molecule has 160 valence electrons. The summed E-state index contributed by atoms with van der Waals surface area (Å²) in [4.78, 5) is 36.7. The van der Waals surface area contributed by atoms with Gasteiger partial charge in [0.05, 0.1) is 30.9 Å². The fourth-order valence-corrected chi connectivity index (χ4v) is 2.76. The van der Waals surface area contributed by atoms with E-state index in [0.717, 1.165) is 5.56 Å². The van der Waals surface area contributed by atoms with Gasteiger partial charge in [0, 0.05) is 11.6 Å². The highest BCUT2D eigenvalue weighted by atomic mass is 16.5. The Kier molecular flexibility index (Phi) is 7.98. The van der Waals surface area contributed by atoms with Crippen LogP contribution in [0.2, 0.25) is 0 Å². The maximum absolute atomic E-state index is 13.0. The summed E-state index contributed by atoms with van der Waals surface area (Å²) in [6.45, 7) is 7.63. The van der Waals surface area contributed by atoms with Crippen molar-refractivity contribution in [1.82, 2.24) is 5.32 Å². The van der Waals surface area contributed by atoms with E-state index in [2.05, 4.69) is 10.6 Å². The third-order valence-corrected chi connectivity index (χ3v) is 4.47. The molecule has 0 aliphatic carbocycles. The standard InChI is InChI=1S/C23H28N2O5/c1-6-30-20-11-10-18(25-21(26)14(2)3)13-19(20)22(27)24-15(4)16-8-7-9-17(12-16)23(28)29-5/h7-15H,6H2,1-5H3,(H,24,27)(H,25,26). The van der Waals surface area contributed by atoms with Crippen LogP contribution < -0.4 is 15.4 Å². The average molecular weight is 412 g/mol. The van der Waals surface area contributed by atoms with Crippen LogP contribution in [0, 0.1) is 5.92 Å². The van der Waals surface area contributed by atoms with E-state index in [-0.39, 0.29) is 23.8 Å². The number of nitrogens with one attached hydrogen (secondary N) is 2. The predicted molar refractivity (Wildman–Crippen MR) is 115 cm³/mol. The van der Waals surface area contributed by atoms with Gasteiger partial charge in [0.1, 0.15) is 5.75 Å². The molecule has 0 aromatic heterocycles. The number of rotatable bonds is 8. The van der Waals surface area contributed by atoms with Crippen molar-refractivity contribution in [2.24, 2.45) is 5.92 Å². The largest absolute Gasteiger partial charge is 0.493 e. The molecule has 0 saturated carbocycles. The first-order valence-corrected chi connectivity index (χ1v) is 9.83. The fourth-order valence-electron chi connectivity index (χ4n) is 2.76. The van der Waals surface area contributed by atoms with Crippen molar-refractivity contribution in [3.8, 4) is 5.75 Å². The first-order valence-electron chi connectivity index (χ1n) is 9.83. The summed E-state index contributed by atoms with van der Waals surface area (Å²) in [6.07, 6.45) is 0. The molecule has 0 bridgehead atoms. The van der Waals surface area contributed by atoms with Crippen LogP contribution in [0.25, 0.3) is 0 Å². The lowest BCUT2D eigenvalue weighted by Crippen LogP contribution is -2.27. The van der Waals surface area contributed by atoms with E-state index in [1.165, 1.54) is 7.11 Å². The zero-order valence-electron chi connectivity index (χ0n) is 17.9. The number of benzene rings is 2. The van der Waals surface area contributed by atoms with Gasteiger partial charge in [-0.05, 0) is 49.7 Å². The van der Waals surface area contributed by atoms with Crippen LogP contribution >= 0.6 is 0 Å². The predicted octanol–water partition coefficient (Wildman–Crippen LogP) is 3.96. The third-order valence-electron chi connectivity index (χ3n) is 4.47. The Morgan fingerprint density at radius 1 is 1.03 bits per heavy atom. The second-order valence-corrected chi connectivity index (χ2v) is 7.10. The van der Waals surface area contributed by atoms with Crippen molar-refractivity contribution in [2.45, 2.75) is 33.7 Å². The molecule has 0 spiro atoms.